The number of hydrogen-bond donors (Lipinski definition) is 1. The van der Waals surface area contributed by atoms with Crippen LogP contribution in [0, 0.1) is 12.7 Å². The molecule has 0 atom stereocenters. The fourth-order valence-corrected chi connectivity index (χ4v) is 3.07. The van der Waals surface area contributed by atoms with Crippen LogP contribution in [0.1, 0.15) is 27.5 Å². The van der Waals surface area contributed by atoms with E-state index in [9.17, 15) is 14.0 Å². The minimum Gasteiger partial charge on any atom is -0.361 e. The molecule has 0 saturated heterocycles. The number of carbonyl (C=O) groups excluding carboxylic acids is 2. The van der Waals surface area contributed by atoms with Crippen LogP contribution in [0.5, 0.6) is 0 Å². The molecule has 3 aromatic rings. The van der Waals surface area contributed by atoms with E-state index >= 15 is 0 Å². The summed E-state index contributed by atoms with van der Waals surface area (Å²) in [5.74, 6) is -0.654. The first-order chi connectivity index (χ1) is 12.9. The summed E-state index contributed by atoms with van der Waals surface area (Å²) in [5.41, 5.74) is 1.13. The van der Waals surface area contributed by atoms with Crippen molar-refractivity contribution < 1.29 is 18.5 Å². The number of hydrogen-bond acceptors (Lipinski definition) is 6. The van der Waals surface area contributed by atoms with Gasteiger partial charge in [-0.25, -0.2) is 9.37 Å². The molecule has 0 unspecified atom stereocenters. The summed E-state index contributed by atoms with van der Waals surface area (Å²) in [6.07, 6.45) is 0.0827. The van der Waals surface area contributed by atoms with E-state index in [0.29, 0.717) is 28.8 Å². The van der Waals surface area contributed by atoms with Crippen molar-refractivity contribution in [1.82, 2.24) is 15.0 Å². The summed E-state index contributed by atoms with van der Waals surface area (Å²) in [4.78, 5) is 30.2. The Hall–Kier alpha value is -3.07. The van der Waals surface area contributed by atoms with Crippen LogP contribution < -0.4 is 5.32 Å². The molecule has 0 aliphatic rings. The van der Waals surface area contributed by atoms with Crippen LogP contribution in [0.15, 0.2) is 40.2 Å². The van der Waals surface area contributed by atoms with Crippen LogP contribution in [0.3, 0.4) is 0 Å². The Balaban J connectivity index is 1.58. The number of benzene rings is 1. The van der Waals surface area contributed by atoms with Crippen LogP contribution in [0.25, 0.3) is 0 Å². The van der Waals surface area contributed by atoms with Crippen LogP contribution in [0.4, 0.5) is 9.52 Å². The van der Waals surface area contributed by atoms with E-state index in [4.69, 9.17) is 4.52 Å². The Labute approximate surface area is 158 Å². The number of anilines is 1. The van der Waals surface area contributed by atoms with Gasteiger partial charge in [-0.1, -0.05) is 17.3 Å². The van der Waals surface area contributed by atoms with Crippen molar-refractivity contribution >= 4 is 28.3 Å². The second-order valence-corrected chi connectivity index (χ2v) is 6.79. The summed E-state index contributed by atoms with van der Waals surface area (Å²) < 4.78 is 18.6. The molecule has 2 heterocycles. The van der Waals surface area contributed by atoms with Crippen molar-refractivity contribution in [2.45, 2.75) is 19.9 Å². The number of aryl methyl sites for hydroxylation is 1. The number of likely N-dealkylation sites (N-methyl/N-ethyl adjacent to an activating group) is 1. The van der Waals surface area contributed by atoms with E-state index in [1.165, 1.54) is 34.4 Å². The molecule has 140 valence electrons. The number of amides is 2. The Bertz CT molecular complexity index is 969. The molecule has 9 heteroatoms. The van der Waals surface area contributed by atoms with E-state index in [1.807, 2.05) is 0 Å². The zero-order chi connectivity index (χ0) is 19.4. The largest absolute Gasteiger partial charge is 0.361 e. The number of carbonyl (C=O) groups is 2. The fraction of sp³-hybridized carbons (Fsp3) is 0.222. The lowest BCUT2D eigenvalue weighted by Crippen LogP contribution is -2.28. The molecule has 0 saturated carbocycles. The lowest BCUT2D eigenvalue weighted by atomic mass is 10.2. The molecule has 0 bridgehead atoms. The summed E-state index contributed by atoms with van der Waals surface area (Å²) in [6.45, 7) is 2.11. The molecular formula is C18H17FN4O3S. The Morgan fingerprint density at radius 3 is 2.78 bits per heavy atom. The van der Waals surface area contributed by atoms with E-state index in [2.05, 4.69) is 15.5 Å². The molecule has 1 N–H and O–H groups in total. The number of nitrogens with one attached hydrogen (secondary N) is 1. The van der Waals surface area contributed by atoms with Gasteiger partial charge >= 0.3 is 0 Å². The van der Waals surface area contributed by atoms with Crippen LogP contribution in [0.2, 0.25) is 0 Å². The SMILES string of the molecule is Cc1cc(CN(C)C(=O)Cc2csc(NC(=O)c3ccccc3F)n2)no1. The highest BCUT2D eigenvalue weighted by Gasteiger charge is 2.16. The minimum absolute atomic E-state index is 0.0621. The fourth-order valence-electron chi connectivity index (χ4n) is 2.37. The third-order valence-electron chi connectivity index (χ3n) is 3.72. The second kappa shape index (κ2) is 8.09. The number of rotatable bonds is 6. The van der Waals surface area contributed by atoms with E-state index in [1.54, 1.807) is 31.5 Å². The lowest BCUT2D eigenvalue weighted by Gasteiger charge is -2.14. The molecule has 0 fully saturated rings. The first-order valence-electron chi connectivity index (χ1n) is 8.09. The molecule has 2 amide bonds. The van der Waals surface area contributed by atoms with Gasteiger partial charge in [-0.15, -0.1) is 11.3 Å². The maximum Gasteiger partial charge on any atom is 0.260 e. The average molecular weight is 388 g/mol. The number of thiazole rings is 1. The topological polar surface area (TPSA) is 88.3 Å². The van der Waals surface area contributed by atoms with Crippen molar-refractivity contribution in [1.29, 1.82) is 0 Å². The molecule has 7 nitrogen and oxygen atoms in total. The van der Waals surface area contributed by atoms with Gasteiger partial charge in [-0.2, -0.15) is 0 Å². The summed E-state index contributed by atoms with van der Waals surface area (Å²) in [5, 5.41) is 8.39. The first-order valence-corrected chi connectivity index (χ1v) is 8.97. The lowest BCUT2D eigenvalue weighted by molar-refractivity contribution is -0.129. The van der Waals surface area contributed by atoms with Crippen molar-refractivity contribution in [3.63, 3.8) is 0 Å². The van der Waals surface area contributed by atoms with Crippen LogP contribution >= 0.6 is 11.3 Å². The average Bonchev–Trinajstić information content (AvgIpc) is 3.24. The van der Waals surface area contributed by atoms with Crippen molar-refractivity contribution in [2.75, 3.05) is 12.4 Å². The first kappa shape index (κ1) is 18.7. The predicted octanol–water partition coefficient (Wildman–Crippen LogP) is 3.03. The van der Waals surface area contributed by atoms with Crippen LogP contribution in [-0.2, 0) is 17.8 Å². The number of halogens is 1. The normalized spacial score (nSPS) is 10.6. The second-order valence-electron chi connectivity index (χ2n) is 5.93. The summed E-state index contributed by atoms with van der Waals surface area (Å²) >= 11 is 1.18. The minimum atomic E-state index is -0.605. The zero-order valence-corrected chi connectivity index (χ0v) is 15.5. The molecule has 2 aromatic heterocycles. The van der Waals surface area contributed by atoms with Gasteiger partial charge in [0.2, 0.25) is 5.91 Å². The highest BCUT2D eigenvalue weighted by atomic mass is 32.1. The zero-order valence-electron chi connectivity index (χ0n) is 14.7. The van der Waals surface area contributed by atoms with Gasteiger partial charge in [0, 0.05) is 18.5 Å². The van der Waals surface area contributed by atoms with Crippen molar-refractivity contribution in [3.8, 4) is 0 Å². The third-order valence-corrected chi connectivity index (χ3v) is 4.53. The van der Waals surface area contributed by atoms with Gasteiger partial charge < -0.3 is 9.42 Å². The highest BCUT2D eigenvalue weighted by Crippen LogP contribution is 2.18. The van der Waals surface area contributed by atoms with Gasteiger partial charge in [-0.05, 0) is 19.1 Å². The van der Waals surface area contributed by atoms with Gasteiger partial charge in [0.15, 0.2) is 5.13 Å². The Kier molecular flexibility index (Phi) is 5.60. The summed E-state index contributed by atoms with van der Waals surface area (Å²) in [7, 11) is 1.67. The number of nitrogens with zero attached hydrogens (tertiary/aromatic N) is 3. The molecule has 0 spiro atoms. The Morgan fingerprint density at radius 1 is 1.30 bits per heavy atom. The van der Waals surface area contributed by atoms with Crippen molar-refractivity contribution in [3.05, 3.63) is 64.2 Å². The molecule has 0 aliphatic carbocycles. The monoisotopic (exact) mass is 388 g/mol. The standard InChI is InChI=1S/C18H17FN4O3S/c1-11-7-12(22-26-11)9-23(2)16(24)8-13-10-27-18(20-13)21-17(25)14-5-3-4-6-15(14)19/h3-7,10H,8-9H2,1-2H3,(H,20,21,25). The molecule has 3 rings (SSSR count). The van der Waals surface area contributed by atoms with Gasteiger partial charge in [-0.3, -0.25) is 14.9 Å². The van der Waals surface area contributed by atoms with Gasteiger partial charge in [0.1, 0.15) is 17.3 Å². The van der Waals surface area contributed by atoms with Gasteiger partial charge in [0.25, 0.3) is 5.91 Å². The molecule has 27 heavy (non-hydrogen) atoms. The summed E-state index contributed by atoms with van der Waals surface area (Å²) in [6, 6.07) is 7.46. The van der Waals surface area contributed by atoms with E-state index in [-0.39, 0.29) is 17.9 Å². The molecule has 0 aliphatic heterocycles. The molecule has 1 aromatic carbocycles. The van der Waals surface area contributed by atoms with E-state index < -0.39 is 11.7 Å². The van der Waals surface area contributed by atoms with Crippen LogP contribution in [-0.4, -0.2) is 33.9 Å². The highest BCUT2D eigenvalue weighted by molar-refractivity contribution is 7.14. The maximum atomic E-state index is 13.6. The van der Waals surface area contributed by atoms with E-state index in [0.717, 1.165) is 0 Å². The molecule has 0 radical (unpaired) electrons. The quantitative estimate of drug-likeness (QED) is 0.701. The Morgan fingerprint density at radius 2 is 2.07 bits per heavy atom. The predicted molar refractivity (Wildman–Crippen MR) is 97.9 cm³/mol. The smallest absolute Gasteiger partial charge is 0.260 e. The third kappa shape index (κ3) is 4.76. The molecular weight excluding hydrogens is 371 g/mol. The number of aromatic nitrogens is 2. The van der Waals surface area contributed by atoms with Crippen molar-refractivity contribution in [2.24, 2.45) is 0 Å². The maximum absolute atomic E-state index is 13.6. The van der Waals surface area contributed by atoms with Gasteiger partial charge in [0.05, 0.1) is 24.2 Å².